The van der Waals surface area contributed by atoms with E-state index in [1.807, 2.05) is 13.8 Å². The van der Waals surface area contributed by atoms with E-state index in [0.29, 0.717) is 23.2 Å². The molecule has 2 N–H and O–H groups in total. The predicted octanol–water partition coefficient (Wildman–Crippen LogP) is 3.73. The number of rotatable bonds is 10. The largest absolute Gasteiger partial charge is 0.379 e. The maximum Gasteiger partial charge on any atom is 0.203 e. The summed E-state index contributed by atoms with van der Waals surface area (Å²) >= 11 is 0. The van der Waals surface area contributed by atoms with Gasteiger partial charge in [0.2, 0.25) is 11.6 Å². The van der Waals surface area contributed by atoms with Crippen molar-refractivity contribution >= 4 is 11.6 Å². The Labute approximate surface area is 147 Å². The van der Waals surface area contributed by atoms with Crippen LogP contribution < -0.4 is 10.6 Å². The number of hydrogen-bond acceptors (Lipinski definition) is 4. The van der Waals surface area contributed by atoms with Crippen molar-refractivity contribution in [3.8, 4) is 0 Å². The summed E-state index contributed by atoms with van der Waals surface area (Å²) in [5.74, 6) is 1.03. The standard InChI is InChI=1S/C20H34N2O2/c1-13(2)7-9-15(5)21-17-11-20(24)18(12-19(17)23)22-16(6)10-8-14(3)4/h11-16,21-22H,7-10H2,1-6H3. The van der Waals surface area contributed by atoms with Gasteiger partial charge in [0.05, 0.1) is 11.4 Å². The monoisotopic (exact) mass is 334 g/mol. The molecule has 0 saturated carbocycles. The van der Waals surface area contributed by atoms with Gasteiger partial charge in [0.25, 0.3) is 0 Å². The van der Waals surface area contributed by atoms with Gasteiger partial charge in [0.1, 0.15) is 0 Å². The Balaban J connectivity index is 2.56. The maximum absolute atomic E-state index is 12.3. The lowest BCUT2D eigenvalue weighted by molar-refractivity contribution is -0.115. The van der Waals surface area contributed by atoms with Crippen LogP contribution in [0.25, 0.3) is 0 Å². The first-order valence-electron chi connectivity index (χ1n) is 9.24. The van der Waals surface area contributed by atoms with Crippen LogP contribution in [-0.2, 0) is 9.59 Å². The van der Waals surface area contributed by atoms with Gasteiger partial charge in [0.15, 0.2) is 0 Å². The molecule has 0 aromatic heterocycles. The quantitative estimate of drug-likeness (QED) is 0.598. The SMILES string of the molecule is CC(C)CCC(C)NC1=CC(=O)C(NC(C)CCC(C)C)=CC1=O. The minimum atomic E-state index is -0.121. The highest BCUT2D eigenvalue weighted by molar-refractivity contribution is 6.19. The third kappa shape index (κ3) is 7.33. The van der Waals surface area contributed by atoms with Gasteiger partial charge in [0, 0.05) is 24.2 Å². The molecule has 2 unspecified atom stereocenters. The average Bonchev–Trinajstić information content (AvgIpc) is 2.48. The summed E-state index contributed by atoms with van der Waals surface area (Å²) in [5, 5.41) is 6.37. The molecule has 4 nitrogen and oxygen atoms in total. The molecule has 1 aliphatic rings. The van der Waals surface area contributed by atoms with Crippen LogP contribution in [0.3, 0.4) is 0 Å². The summed E-state index contributed by atoms with van der Waals surface area (Å²) in [7, 11) is 0. The van der Waals surface area contributed by atoms with E-state index >= 15 is 0 Å². The molecule has 0 aliphatic heterocycles. The van der Waals surface area contributed by atoms with Crippen LogP contribution in [0.2, 0.25) is 0 Å². The highest BCUT2D eigenvalue weighted by atomic mass is 16.1. The van der Waals surface area contributed by atoms with Gasteiger partial charge in [-0.25, -0.2) is 0 Å². The van der Waals surface area contributed by atoms with E-state index in [9.17, 15) is 9.59 Å². The van der Waals surface area contributed by atoms with Gasteiger partial charge in [-0.2, -0.15) is 0 Å². The second kappa shape index (κ2) is 9.65. The molecular weight excluding hydrogens is 300 g/mol. The van der Waals surface area contributed by atoms with Crippen molar-refractivity contribution in [3.63, 3.8) is 0 Å². The highest BCUT2D eigenvalue weighted by Gasteiger charge is 2.22. The van der Waals surface area contributed by atoms with Crippen molar-refractivity contribution in [1.29, 1.82) is 0 Å². The smallest absolute Gasteiger partial charge is 0.203 e. The molecule has 4 heteroatoms. The third-order valence-corrected chi connectivity index (χ3v) is 4.24. The van der Waals surface area contributed by atoms with E-state index in [0.717, 1.165) is 25.7 Å². The minimum absolute atomic E-state index is 0.121. The lowest BCUT2D eigenvalue weighted by atomic mass is 10.0. The second-order valence-electron chi connectivity index (χ2n) is 7.88. The Morgan fingerprint density at radius 2 is 1.00 bits per heavy atom. The zero-order chi connectivity index (χ0) is 18.3. The van der Waals surface area contributed by atoms with E-state index < -0.39 is 0 Å². The number of hydrogen-bond donors (Lipinski definition) is 2. The normalized spacial score (nSPS) is 17.7. The first-order chi connectivity index (χ1) is 11.2. The fraction of sp³-hybridized carbons (Fsp3) is 0.700. The molecule has 24 heavy (non-hydrogen) atoms. The summed E-state index contributed by atoms with van der Waals surface area (Å²) in [4.78, 5) is 24.5. The zero-order valence-corrected chi connectivity index (χ0v) is 16.1. The number of carbonyl (C=O) groups is 2. The molecule has 0 amide bonds. The molecule has 2 atom stereocenters. The Hall–Kier alpha value is -1.58. The lowest BCUT2D eigenvalue weighted by Gasteiger charge is -2.22. The Bertz CT molecular complexity index is 458. The van der Waals surface area contributed by atoms with Crippen molar-refractivity contribution in [1.82, 2.24) is 10.6 Å². The summed E-state index contributed by atoms with van der Waals surface area (Å²) in [5.41, 5.74) is 0.827. The van der Waals surface area contributed by atoms with E-state index in [1.165, 1.54) is 12.2 Å². The van der Waals surface area contributed by atoms with Gasteiger partial charge in [-0.15, -0.1) is 0 Å². The van der Waals surface area contributed by atoms with Gasteiger partial charge < -0.3 is 10.6 Å². The molecule has 0 aromatic rings. The van der Waals surface area contributed by atoms with E-state index in [2.05, 4.69) is 38.3 Å². The molecule has 0 radical (unpaired) electrons. The van der Waals surface area contributed by atoms with Crippen LogP contribution in [0.15, 0.2) is 23.5 Å². The van der Waals surface area contributed by atoms with Gasteiger partial charge >= 0.3 is 0 Å². The molecule has 1 rings (SSSR count). The van der Waals surface area contributed by atoms with E-state index in [-0.39, 0.29) is 23.7 Å². The van der Waals surface area contributed by atoms with Crippen LogP contribution in [0.5, 0.6) is 0 Å². The molecule has 0 bridgehead atoms. The number of allylic oxidation sites excluding steroid dienone is 2. The molecule has 0 heterocycles. The molecule has 1 aliphatic carbocycles. The highest BCUT2D eigenvalue weighted by Crippen LogP contribution is 2.14. The zero-order valence-electron chi connectivity index (χ0n) is 16.1. The van der Waals surface area contributed by atoms with Crippen molar-refractivity contribution in [2.75, 3.05) is 0 Å². The molecule has 0 aromatic carbocycles. The summed E-state index contributed by atoms with van der Waals surface area (Å²) in [6.07, 6.45) is 7.03. The van der Waals surface area contributed by atoms with Gasteiger partial charge in [-0.1, -0.05) is 27.7 Å². The minimum Gasteiger partial charge on any atom is -0.379 e. The van der Waals surface area contributed by atoms with Crippen molar-refractivity contribution in [2.45, 2.75) is 79.3 Å². The second-order valence-corrected chi connectivity index (χ2v) is 7.88. The number of nitrogens with one attached hydrogen (secondary N) is 2. The first kappa shape index (κ1) is 20.5. The van der Waals surface area contributed by atoms with Crippen LogP contribution in [0, 0.1) is 11.8 Å². The van der Waals surface area contributed by atoms with Gasteiger partial charge in [-0.05, 0) is 51.4 Å². The summed E-state index contributed by atoms with van der Waals surface area (Å²) < 4.78 is 0. The fourth-order valence-electron chi connectivity index (χ4n) is 2.63. The summed E-state index contributed by atoms with van der Waals surface area (Å²) in [6, 6.07) is 0.367. The van der Waals surface area contributed by atoms with E-state index in [4.69, 9.17) is 0 Å². The number of ketones is 2. The topological polar surface area (TPSA) is 58.2 Å². The number of carbonyl (C=O) groups excluding carboxylic acids is 2. The van der Waals surface area contributed by atoms with Crippen LogP contribution >= 0.6 is 0 Å². The molecule has 0 fully saturated rings. The maximum atomic E-state index is 12.3. The fourth-order valence-corrected chi connectivity index (χ4v) is 2.63. The van der Waals surface area contributed by atoms with Crippen molar-refractivity contribution in [3.05, 3.63) is 23.5 Å². The Morgan fingerprint density at radius 1 is 0.667 bits per heavy atom. The Kier molecular flexibility index (Phi) is 8.23. The molecule has 136 valence electrons. The first-order valence-corrected chi connectivity index (χ1v) is 9.24. The predicted molar refractivity (Wildman–Crippen MR) is 99.5 cm³/mol. The van der Waals surface area contributed by atoms with Crippen LogP contribution in [-0.4, -0.2) is 23.7 Å². The molecule has 0 saturated heterocycles. The molecular formula is C20H34N2O2. The Morgan fingerprint density at radius 3 is 1.29 bits per heavy atom. The van der Waals surface area contributed by atoms with Crippen LogP contribution in [0.4, 0.5) is 0 Å². The summed E-state index contributed by atoms with van der Waals surface area (Å²) in [6.45, 7) is 12.8. The van der Waals surface area contributed by atoms with Crippen molar-refractivity contribution < 1.29 is 9.59 Å². The third-order valence-electron chi connectivity index (χ3n) is 4.24. The van der Waals surface area contributed by atoms with Crippen LogP contribution in [0.1, 0.15) is 67.2 Å². The lowest BCUT2D eigenvalue weighted by Crippen LogP contribution is -2.36. The molecule has 0 spiro atoms. The van der Waals surface area contributed by atoms with Crippen molar-refractivity contribution in [2.24, 2.45) is 11.8 Å². The van der Waals surface area contributed by atoms with E-state index in [1.54, 1.807) is 0 Å². The van der Waals surface area contributed by atoms with Gasteiger partial charge in [-0.3, -0.25) is 9.59 Å². The average molecular weight is 335 g/mol.